The van der Waals surface area contributed by atoms with Crippen LogP contribution in [-0.2, 0) is 4.79 Å². The molecule has 0 aliphatic heterocycles. The number of likely N-dealkylation sites (N-methyl/N-ethyl adjacent to an activating group) is 1. The zero-order valence-corrected chi connectivity index (χ0v) is 11.5. The zero-order valence-electron chi connectivity index (χ0n) is 9.95. The minimum atomic E-state index is -0.877. The molecule has 0 fully saturated rings. The highest BCUT2D eigenvalue weighted by atomic mass is 79.9. The van der Waals surface area contributed by atoms with Gasteiger partial charge in [-0.1, -0.05) is 22.0 Å². The zero-order chi connectivity index (χ0) is 13.2. The van der Waals surface area contributed by atoms with Crippen LogP contribution in [0.4, 0.5) is 4.39 Å². The lowest BCUT2D eigenvalue weighted by atomic mass is 10.1. The van der Waals surface area contributed by atoms with Crippen LogP contribution in [0.1, 0.15) is 25.5 Å². The Labute approximate surface area is 108 Å². The first-order valence-corrected chi connectivity index (χ1v) is 6.03. The summed E-state index contributed by atoms with van der Waals surface area (Å²) in [5.74, 6) is -1.20. The lowest BCUT2D eigenvalue weighted by Gasteiger charge is -2.29. The summed E-state index contributed by atoms with van der Waals surface area (Å²) >= 11 is 3.29. The summed E-state index contributed by atoms with van der Waals surface area (Å²) in [6, 6.07) is 3.70. The minimum absolute atomic E-state index is 0.115. The van der Waals surface area contributed by atoms with Gasteiger partial charge in [0, 0.05) is 10.5 Å². The summed E-state index contributed by atoms with van der Waals surface area (Å²) in [5, 5.41) is 8.95. The van der Waals surface area contributed by atoms with E-state index in [0.29, 0.717) is 4.47 Å². The summed E-state index contributed by atoms with van der Waals surface area (Å²) in [4.78, 5) is 12.6. The van der Waals surface area contributed by atoms with Gasteiger partial charge in [0.15, 0.2) is 0 Å². The van der Waals surface area contributed by atoms with Crippen molar-refractivity contribution in [1.82, 2.24) is 4.90 Å². The Morgan fingerprint density at radius 3 is 2.53 bits per heavy atom. The number of carboxylic acid groups (broad SMARTS) is 1. The smallest absolute Gasteiger partial charge is 0.320 e. The Balaban J connectivity index is 2.96. The molecule has 0 aliphatic carbocycles. The van der Waals surface area contributed by atoms with E-state index in [1.165, 1.54) is 12.1 Å². The highest BCUT2D eigenvalue weighted by molar-refractivity contribution is 9.10. The Morgan fingerprint density at radius 2 is 2.06 bits per heavy atom. The van der Waals surface area contributed by atoms with Crippen molar-refractivity contribution in [2.45, 2.75) is 25.9 Å². The van der Waals surface area contributed by atoms with E-state index in [-0.39, 0.29) is 11.9 Å². The second-order valence-corrected chi connectivity index (χ2v) is 4.88. The number of aliphatic carboxylic acids is 1. The molecule has 0 bridgehead atoms. The maximum absolute atomic E-state index is 13.0. The number of carboxylic acids is 1. The van der Waals surface area contributed by atoms with E-state index in [2.05, 4.69) is 15.9 Å². The number of hydrogen-bond donors (Lipinski definition) is 1. The van der Waals surface area contributed by atoms with Gasteiger partial charge in [0.05, 0.1) is 0 Å². The van der Waals surface area contributed by atoms with Gasteiger partial charge in [-0.2, -0.15) is 0 Å². The molecule has 0 amide bonds. The lowest BCUT2D eigenvalue weighted by molar-refractivity contribution is -0.142. The molecule has 94 valence electrons. The van der Waals surface area contributed by atoms with Gasteiger partial charge >= 0.3 is 5.97 Å². The van der Waals surface area contributed by atoms with Gasteiger partial charge in [-0.25, -0.2) is 4.39 Å². The highest BCUT2D eigenvalue weighted by Crippen LogP contribution is 2.28. The molecule has 0 saturated carbocycles. The lowest BCUT2D eigenvalue weighted by Crippen LogP contribution is -2.37. The van der Waals surface area contributed by atoms with Crippen LogP contribution in [0.5, 0.6) is 0 Å². The van der Waals surface area contributed by atoms with Crippen LogP contribution in [0.3, 0.4) is 0 Å². The molecular formula is C12H15BrFNO2. The third kappa shape index (κ3) is 3.26. The number of carbonyl (C=O) groups is 1. The van der Waals surface area contributed by atoms with Crippen molar-refractivity contribution in [3.63, 3.8) is 0 Å². The molecule has 0 saturated heterocycles. The van der Waals surface area contributed by atoms with Crippen LogP contribution in [0, 0.1) is 5.82 Å². The molecule has 0 heterocycles. The fourth-order valence-corrected chi connectivity index (χ4v) is 2.25. The molecular weight excluding hydrogens is 289 g/mol. The van der Waals surface area contributed by atoms with Gasteiger partial charge in [-0.05, 0) is 38.6 Å². The van der Waals surface area contributed by atoms with Crippen LogP contribution in [-0.4, -0.2) is 29.1 Å². The van der Waals surface area contributed by atoms with E-state index >= 15 is 0 Å². The maximum atomic E-state index is 13.0. The van der Waals surface area contributed by atoms with Crippen molar-refractivity contribution in [2.24, 2.45) is 0 Å². The van der Waals surface area contributed by atoms with E-state index in [0.717, 1.165) is 5.56 Å². The van der Waals surface area contributed by atoms with Crippen LogP contribution < -0.4 is 0 Å². The number of benzene rings is 1. The van der Waals surface area contributed by atoms with E-state index in [4.69, 9.17) is 5.11 Å². The van der Waals surface area contributed by atoms with Crippen molar-refractivity contribution in [2.75, 3.05) is 7.05 Å². The molecule has 0 aromatic heterocycles. The average molecular weight is 304 g/mol. The first-order chi connectivity index (χ1) is 7.84. The van der Waals surface area contributed by atoms with Crippen molar-refractivity contribution >= 4 is 21.9 Å². The molecule has 0 aliphatic rings. The number of nitrogens with zero attached hydrogens (tertiary/aromatic N) is 1. The molecule has 1 N–H and O–H groups in total. The second kappa shape index (κ2) is 5.60. The van der Waals surface area contributed by atoms with Gasteiger partial charge in [0.25, 0.3) is 0 Å². The van der Waals surface area contributed by atoms with Crippen molar-refractivity contribution in [3.05, 3.63) is 34.1 Å². The first kappa shape index (κ1) is 14.1. The third-order valence-corrected chi connectivity index (χ3v) is 3.68. The molecule has 5 heteroatoms. The van der Waals surface area contributed by atoms with Gasteiger partial charge in [-0.15, -0.1) is 0 Å². The molecule has 0 radical (unpaired) electrons. The quantitative estimate of drug-likeness (QED) is 0.929. The molecule has 17 heavy (non-hydrogen) atoms. The van der Waals surface area contributed by atoms with Crippen molar-refractivity contribution < 1.29 is 14.3 Å². The minimum Gasteiger partial charge on any atom is -0.480 e. The van der Waals surface area contributed by atoms with Gasteiger partial charge < -0.3 is 5.11 Å². The summed E-state index contributed by atoms with van der Waals surface area (Å²) in [6.45, 7) is 3.51. The van der Waals surface area contributed by atoms with Crippen LogP contribution in [0.25, 0.3) is 0 Å². The Morgan fingerprint density at radius 1 is 1.47 bits per heavy atom. The van der Waals surface area contributed by atoms with Gasteiger partial charge in [0.1, 0.15) is 11.9 Å². The number of hydrogen-bond acceptors (Lipinski definition) is 2. The monoisotopic (exact) mass is 303 g/mol. The summed E-state index contributed by atoms with van der Waals surface area (Å²) in [5.41, 5.74) is 0.863. The molecule has 0 spiro atoms. The van der Waals surface area contributed by atoms with Gasteiger partial charge in [-0.3, -0.25) is 9.69 Å². The molecule has 2 atom stereocenters. The summed E-state index contributed by atoms with van der Waals surface area (Å²) in [6.07, 6.45) is 0. The molecule has 2 unspecified atom stereocenters. The number of rotatable bonds is 4. The standard InChI is InChI=1S/C12H15BrFNO2/c1-7(15(3)8(2)12(16)17)10-5-4-9(14)6-11(10)13/h4-8H,1-3H3,(H,16,17). The third-order valence-electron chi connectivity index (χ3n) is 2.99. The van der Waals surface area contributed by atoms with Crippen molar-refractivity contribution in [3.8, 4) is 0 Å². The first-order valence-electron chi connectivity index (χ1n) is 5.24. The van der Waals surface area contributed by atoms with Crippen LogP contribution in [0.2, 0.25) is 0 Å². The fraction of sp³-hybridized carbons (Fsp3) is 0.417. The second-order valence-electron chi connectivity index (χ2n) is 4.02. The Kier molecular flexibility index (Phi) is 4.65. The average Bonchev–Trinajstić information content (AvgIpc) is 2.26. The van der Waals surface area contributed by atoms with Gasteiger partial charge in [0.2, 0.25) is 0 Å². The normalized spacial score (nSPS) is 14.7. The predicted octanol–water partition coefficient (Wildman–Crippen LogP) is 3.05. The summed E-state index contributed by atoms with van der Waals surface area (Å²) in [7, 11) is 1.74. The molecule has 3 nitrogen and oxygen atoms in total. The topological polar surface area (TPSA) is 40.5 Å². The van der Waals surface area contributed by atoms with Crippen molar-refractivity contribution in [1.29, 1.82) is 0 Å². The van der Waals surface area contributed by atoms with Crippen LogP contribution in [0.15, 0.2) is 22.7 Å². The Bertz CT molecular complexity index is 425. The molecule has 1 rings (SSSR count). The Hall–Kier alpha value is -0.940. The van der Waals surface area contributed by atoms with Crippen LogP contribution >= 0.6 is 15.9 Å². The largest absolute Gasteiger partial charge is 0.480 e. The predicted molar refractivity (Wildman–Crippen MR) is 67.4 cm³/mol. The highest BCUT2D eigenvalue weighted by Gasteiger charge is 2.23. The molecule has 1 aromatic rings. The van der Waals surface area contributed by atoms with E-state index in [1.807, 2.05) is 6.92 Å². The summed E-state index contributed by atoms with van der Waals surface area (Å²) < 4.78 is 13.6. The maximum Gasteiger partial charge on any atom is 0.320 e. The fourth-order valence-electron chi connectivity index (χ4n) is 1.57. The number of halogens is 2. The van der Waals surface area contributed by atoms with E-state index in [1.54, 1.807) is 24.9 Å². The molecule has 1 aromatic carbocycles. The van der Waals surface area contributed by atoms with E-state index in [9.17, 15) is 9.18 Å². The SMILES string of the molecule is CC(C(=O)O)N(C)C(C)c1ccc(F)cc1Br. The van der Waals surface area contributed by atoms with E-state index < -0.39 is 12.0 Å².